The van der Waals surface area contributed by atoms with Gasteiger partial charge in [-0.3, -0.25) is 0 Å². The smallest absolute Gasteiger partial charge is 0.118 e. The fourth-order valence-corrected chi connectivity index (χ4v) is 1.96. The molecule has 0 fully saturated rings. The fourth-order valence-electron chi connectivity index (χ4n) is 1.96. The Balaban J connectivity index is 2.18. The average molecular weight is 233 g/mol. The summed E-state index contributed by atoms with van der Waals surface area (Å²) in [6, 6.07) is 2.03. The lowest BCUT2D eigenvalue weighted by atomic mass is 10.2. The third-order valence-electron chi connectivity index (χ3n) is 2.89. The van der Waals surface area contributed by atoms with E-state index in [9.17, 15) is 0 Å². The zero-order valence-electron chi connectivity index (χ0n) is 10.4. The molecule has 0 aliphatic heterocycles. The number of nitrogens with two attached hydrogens (primary N) is 1. The molecule has 2 aromatic heterocycles. The van der Waals surface area contributed by atoms with Gasteiger partial charge in [0.05, 0.1) is 13.1 Å². The Morgan fingerprint density at radius 3 is 2.94 bits per heavy atom. The van der Waals surface area contributed by atoms with Gasteiger partial charge in [0.15, 0.2) is 0 Å². The molecule has 0 saturated carbocycles. The number of aryl methyl sites for hydroxylation is 2. The van der Waals surface area contributed by atoms with E-state index in [0.29, 0.717) is 6.54 Å². The highest BCUT2D eigenvalue weighted by Crippen LogP contribution is 2.16. The van der Waals surface area contributed by atoms with Gasteiger partial charge in [-0.1, -0.05) is 6.92 Å². The summed E-state index contributed by atoms with van der Waals surface area (Å²) >= 11 is 0. The van der Waals surface area contributed by atoms with Crippen LogP contribution in [0.3, 0.4) is 0 Å². The van der Waals surface area contributed by atoms with E-state index in [1.807, 2.05) is 25.4 Å². The Bertz CT molecular complexity index is 485. The highest BCUT2D eigenvalue weighted by atomic mass is 16.3. The standard InChI is InChI=1S/C13H19N3O/c1-3-4-13-15-5-6-16(13)9-11-7-12(8-14)17-10(11)2/h5-7H,3-4,8-9,14H2,1-2H3. The largest absolute Gasteiger partial charge is 0.465 e. The van der Waals surface area contributed by atoms with Crippen molar-refractivity contribution in [1.29, 1.82) is 0 Å². The average Bonchev–Trinajstić information content (AvgIpc) is 2.88. The molecule has 2 heterocycles. The van der Waals surface area contributed by atoms with Gasteiger partial charge in [-0.2, -0.15) is 0 Å². The Labute approximate surface area is 101 Å². The molecule has 17 heavy (non-hydrogen) atoms. The van der Waals surface area contributed by atoms with Gasteiger partial charge >= 0.3 is 0 Å². The molecule has 0 aliphatic rings. The van der Waals surface area contributed by atoms with Crippen molar-refractivity contribution in [2.75, 3.05) is 0 Å². The van der Waals surface area contributed by atoms with Crippen molar-refractivity contribution < 1.29 is 4.42 Å². The lowest BCUT2D eigenvalue weighted by molar-refractivity contribution is 0.481. The summed E-state index contributed by atoms with van der Waals surface area (Å²) in [5.41, 5.74) is 6.75. The molecule has 0 spiro atoms. The Hall–Kier alpha value is -1.55. The number of hydrogen-bond acceptors (Lipinski definition) is 3. The van der Waals surface area contributed by atoms with E-state index in [1.54, 1.807) is 0 Å². The number of furan rings is 1. The zero-order chi connectivity index (χ0) is 12.3. The summed E-state index contributed by atoms with van der Waals surface area (Å²) in [6.07, 6.45) is 5.98. The predicted octanol–water partition coefficient (Wildman–Crippen LogP) is 2.24. The molecule has 2 N–H and O–H groups in total. The van der Waals surface area contributed by atoms with Crippen LogP contribution in [0.1, 0.15) is 36.3 Å². The van der Waals surface area contributed by atoms with E-state index in [4.69, 9.17) is 10.2 Å². The third kappa shape index (κ3) is 2.58. The summed E-state index contributed by atoms with van der Waals surface area (Å²) < 4.78 is 7.72. The minimum absolute atomic E-state index is 0.451. The summed E-state index contributed by atoms with van der Waals surface area (Å²) in [7, 11) is 0. The van der Waals surface area contributed by atoms with E-state index in [1.165, 1.54) is 5.56 Å². The summed E-state index contributed by atoms with van der Waals surface area (Å²) in [5, 5.41) is 0. The first-order chi connectivity index (χ1) is 8.24. The van der Waals surface area contributed by atoms with E-state index in [-0.39, 0.29) is 0 Å². The van der Waals surface area contributed by atoms with Gasteiger partial charge in [0, 0.05) is 24.4 Å². The van der Waals surface area contributed by atoms with Gasteiger partial charge < -0.3 is 14.7 Å². The van der Waals surface area contributed by atoms with E-state index >= 15 is 0 Å². The van der Waals surface area contributed by atoms with Gasteiger partial charge in [0.1, 0.15) is 17.3 Å². The van der Waals surface area contributed by atoms with E-state index < -0.39 is 0 Å². The van der Waals surface area contributed by atoms with Crippen LogP contribution in [0.4, 0.5) is 0 Å². The molecule has 0 amide bonds. The predicted molar refractivity (Wildman–Crippen MR) is 66.7 cm³/mol. The number of imidazole rings is 1. The molecule has 0 unspecified atom stereocenters. The maximum atomic E-state index is 5.57. The number of rotatable bonds is 5. The Morgan fingerprint density at radius 1 is 1.47 bits per heavy atom. The molecule has 2 aromatic rings. The summed E-state index contributed by atoms with van der Waals surface area (Å²) in [4.78, 5) is 4.37. The molecule has 4 heteroatoms. The van der Waals surface area contributed by atoms with Crippen LogP contribution in [0.15, 0.2) is 22.9 Å². The lowest BCUT2D eigenvalue weighted by Crippen LogP contribution is -2.04. The molecule has 0 bridgehead atoms. The minimum atomic E-state index is 0.451. The molecule has 2 rings (SSSR count). The first-order valence-corrected chi connectivity index (χ1v) is 6.02. The van der Waals surface area contributed by atoms with Crippen LogP contribution in [0.5, 0.6) is 0 Å². The Morgan fingerprint density at radius 2 is 2.29 bits per heavy atom. The fraction of sp³-hybridized carbons (Fsp3) is 0.462. The van der Waals surface area contributed by atoms with Gasteiger partial charge in [0.25, 0.3) is 0 Å². The van der Waals surface area contributed by atoms with Crippen molar-refractivity contribution in [3.63, 3.8) is 0 Å². The van der Waals surface area contributed by atoms with Crippen molar-refractivity contribution in [2.45, 2.75) is 39.8 Å². The van der Waals surface area contributed by atoms with Gasteiger partial charge in [-0.25, -0.2) is 4.98 Å². The monoisotopic (exact) mass is 233 g/mol. The van der Waals surface area contributed by atoms with E-state index in [0.717, 1.165) is 36.7 Å². The zero-order valence-corrected chi connectivity index (χ0v) is 10.4. The molecule has 0 aliphatic carbocycles. The Kier molecular flexibility index (Phi) is 3.64. The van der Waals surface area contributed by atoms with Gasteiger partial charge in [0.2, 0.25) is 0 Å². The highest BCUT2D eigenvalue weighted by Gasteiger charge is 2.09. The molecule has 0 aromatic carbocycles. The third-order valence-corrected chi connectivity index (χ3v) is 2.89. The van der Waals surface area contributed by atoms with Crippen molar-refractivity contribution in [3.8, 4) is 0 Å². The summed E-state index contributed by atoms with van der Waals surface area (Å²) in [6.45, 7) is 5.40. The second-order valence-electron chi connectivity index (χ2n) is 4.22. The van der Waals surface area contributed by atoms with Gasteiger partial charge in [-0.05, 0) is 19.4 Å². The van der Waals surface area contributed by atoms with Crippen LogP contribution in [-0.4, -0.2) is 9.55 Å². The SMILES string of the molecule is CCCc1nccn1Cc1cc(CN)oc1C. The molecule has 0 saturated heterocycles. The van der Waals surface area contributed by atoms with Crippen LogP contribution < -0.4 is 5.73 Å². The first-order valence-electron chi connectivity index (χ1n) is 6.02. The maximum absolute atomic E-state index is 5.57. The summed E-state index contributed by atoms with van der Waals surface area (Å²) in [5.74, 6) is 2.92. The quantitative estimate of drug-likeness (QED) is 0.861. The molecule has 4 nitrogen and oxygen atoms in total. The first kappa shape index (κ1) is 11.9. The van der Waals surface area contributed by atoms with E-state index in [2.05, 4.69) is 16.5 Å². The second-order valence-corrected chi connectivity index (χ2v) is 4.22. The lowest BCUT2D eigenvalue weighted by Gasteiger charge is -2.05. The van der Waals surface area contributed by atoms with Gasteiger partial charge in [-0.15, -0.1) is 0 Å². The van der Waals surface area contributed by atoms with Crippen LogP contribution in [0.2, 0.25) is 0 Å². The van der Waals surface area contributed by atoms with Crippen molar-refractivity contribution in [1.82, 2.24) is 9.55 Å². The molecule has 92 valence electrons. The molecular formula is C13H19N3O. The number of aromatic nitrogens is 2. The van der Waals surface area contributed by atoms with Crippen LogP contribution in [0.25, 0.3) is 0 Å². The van der Waals surface area contributed by atoms with Crippen LogP contribution >= 0.6 is 0 Å². The van der Waals surface area contributed by atoms with Crippen molar-refractivity contribution in [3.05, 3.63) is 41.4 Å². The van der Waals surface area contributed by atoms with Crippen molar-refractivity contribution in [2.24, 2.45) is 5.73 Å². The topological polar surface area (TPSA) is 57.0 Å². The normalized spacial score (nSPS) is 11.0. The maximum Gasteiger partial charge on any atom is 0.118 e. The van der Waals surface area contributed by atoms with Crippen LogP contribution in [-0.2, 0) is 19.5 Å². The number of nitrogens with zero attached hydrogens (tertiary/aromatic N) is 2. The number of hydrogen-bond donors (Lipinski definition) is 1. The van der Waals surface area contributed by atoms with Crippen LogP contribution in [0, 0.1) is 6.92 Å². The van der Waals surface area contributed by atoms with Crippen molar-refractivity contribution >= 4 is 0 Å². The second kappa shape index (κ2) is 5.19. The highest BCUT2D eigenvalue weighted by molar-refractivity contribution is 5.21. The molecular weight excluding hydrogens is 214 g/mol. The minimum Gasteiger partial charge on any atom is -0.465 e. The molecule has 0 radical (unpaired) electrons. The molecule has 0 atom stereocenters.